The molecule has 0 spiro atoms. The van der Waals surface area contributed by atoms with Crippen LogP contribution in [-0.4, -0.2) is 24.0 Å². The smallest absolute Gasteiger partial charge is 0.0233 e. The zero-order chi connectivity index (χ0) is 13.0. The maximum atomic E-state index is 6.14. The fourth-order valence-electron chi connectivity index (χ4n) is 2.72. The lowest BCUT2D eigenvalue weighted by Gasteiger charge is -2.34. The summed E-state index contributed by atoms with van der Waals surface area (Å²) < 4.78 is 1.15. The van der Waals surface area contributed by atoms with E-state index < -0.39 is 0 Å². The second kappa shape index (κ2) is 6.69. The van der Waals surface area contributed by atoms with Crippen molar-refractivity contribution in [2.45, 2.75) is 38.8 Å². The summed E-state index contributed by atoms with van der Waals surface area (Å²) in [7, 11) is 0. The van der Waals surface area contributed by atoms with Gasteiger partial charge in [-0.05, 0) is 56.0 Å². The SMILES string of the molecule is CCC(N)C1CCN(Cc2ccc(Br)cc2)CC1. The Morgan fingerprint density at radius 2 is 1.89 bits per heavy atom. The Labute approximate surface area is 119 Å². The predicted molar refractivity (Wildman–Crippen MR) is 80.4 cm³/mol. The molecule has 0 saturated carbocycles. The van der Waals surface area contributed by atoms with E-state index >= 15 is 0 Å². The van der Waals surface area contributed by atoms with Crippen LogP contribution in [0.15, 0.2) is 28.7 Å². The van der Waals surface area contributed by atoms with Crippen molar-refractivity contribution in [3.05, 3.63) is 34.3 Å². The molecule has 1 aliphatic rings. The molecular formula is C15H23BrN2. The third kappa shape index (κ3) is 3.81. The first-order valence-electron chi connectivity index (χ1n) is 6.91. The van der Waals surface area contributed by atoms with Crippen LogP contribution in [0.25, 0.3) is 0 Å². The van der Waals surface area contributed by atoms with Gasteiger partial charge in [0.2, 0.25) is 0 Å². The molecule has 2 rings (SSSR count). The minimum atomic E-state index is 0.403. The Balaban J connectivity index is 1.81. The summed E-state index contributed by atoms with van der Waals surface area (Å²) in [5, 5.41) is 0. The standard InChI is InChI=1S/C15H23BrN2/c1-2-15(17)13-7-9-18(10-8-13)11-12-3-5-14(16)6-4-12/h3-6,13,15H,2,7-11,17H2,1H3. The van der Waals surface area contributed by atoms with Gasteiger partial charge in [0.15, 0.2) is 0 Å². The van der Waals surface area contributed by atoms with Crippen molar-refractivity contribution in [1.82, 2.24) is 4.90 Å². The molecule has 0 amide bonds. The molecule has 3 heteroatoms. The summed E-state index contributed by atoms with van der Waals surface area (Å²) in [4.78, 5) is 2.54. The van der Waals surface area contributed by atoms with Crippen LogP contribution in [0.2, 0.25) is 0 Å². The molecule has 0 radical (unpaired) electrons. The highest BCUT2D eigenvalue weighted by atomic mass is 79.9. The van der Waals surface area contributed by atoms with E-state index in [4.69, 9.17) is 5.73 Å². The van der Waals surface area contributed by atoms with Crippen molar-refractivity contribution >= 4 is 15.9 Å². The van der Waals surface area contributed by atoms with Gasteiger partial charge in [0.1, 0.15) is 0 Å². The average molecular weight is 311 g/mol. The van der Waals surface area contributed by atoms with E-state index in [9.17, 15) is 0 Å². The van der Waals surface area contributed by atoms with Crippen LogP contribution in [0, 0.1) is 5.92 Å². The van der Waals surface area contributed by atoms with Gasteiger partial charge in [-0.1, -0.05) is 35.0 Å². The van der Waals surface area contributed by atoms with Gasteiger partial charge < -0.3 is 5.73 Å². The molecular weight excluding hydrogens is 288 g/mol. The highest BCUT2D eigenvalue weighted by Crippen LogP contribution is 2.22. The van der Waals surface area contributed by atoms with Crippen molar-refractivity contribution < 1.29 is 0 Å². The predicted octanol–water partition coefficient (Wildman–Crippen LogP) is 3.40. The van der Waals surface area contributed by atoms with E-state index in [2.05, 4.69) is 52.0 Å². The molecule has 18 heavy (non-hydrogen) atoms. The summed E-state index contributed by atoms with van der Waals surface area (Å²) in [5.74, 6) is 0.733. The van der Waals surface area contributed by atoms with Gasteiger partial charge >= 0.3 is 0 Å². The highest BCUT2D eigenvalue weighted by Gasteiger charge is 2.22. The summed E-state index contributed by atoms with van der Waals surface area (Å²) in [5.41, 5.74) is 7.54. The molecule has 1 aromatic carbocycles. The lowest BCUT2D eigenvalue weighted by atomic mass is 9.88. The minimum Gasteiger partial charge on any atom is -0.327 e. The Morgan fingerprint density at radius 1 is 1.28 bits per heavy atom. The van der Waals surface area contributed by atoms with Crippen LogP contribution in [0.5, 0.6) is 0 Å². The highest BCUT2D eigenvalue weighted by molar-refractivity contribution is 9.10. The lowest BCUT2D eigenvalue weighted by molar-refractivity contribution is 0.161. The molecule has 0 aromatic heterocycles. The quantitative estimate of drug-likeness (QED) is 0.923. The third-order valence-corrected chi connectivity index (χ3v) is 4.56. The lowest BCUT2D eigenvalue weighted by Crippen LogP contribution is -2.40. The van der Waals surface area contributed by atoms with Crippen molar-refractivity contribution in [2.75, 3.05) is 13.1 Å². The number of halogens is 1. The Hall–Kier alpha value is -0.380. The van der Waals surface area contributed by atoms with E-state index in [1.165, 1.54) is 31.5 Å². The van der Waals surface area contributed by atoms with Crippen molar-refractivity contribution in [2.24, 2.45) is 11.7 Å². The summed E-state index contributed by atoms with van der Waals surface area (Å²) >= 11 is 3.47. The normalized spacial score (nSPS) is 19.9. The molecule has 2 N–H and O–H groups in total. The largest absolute Gasteiger partial charge is 0.327 e. The monoisotopic (exact) mass is 310 g/mol. The first-order valence-corrected chi connectivity index (χ1v) is 7.70. The second-order valence-electron chi connectivity index (χ2n) is 5.31. The number of rotatable bonds is 4. The van der Waals surface area contributed by atoms with E-state index in [-0.39, 0.29) is 0 Å². The van der Waals surface area contributed by atoms with Crippen LogP contribution >= 0.6 is 15.9 Å². The van der Waals surface area contributed by atoms with Crippen LogP contribution in [0.3, 0.4) is 0 Å². The van der Waals surface area contributed by atoms with E-state index in [1.54, 1.807) is 0 Å². The van der Waals surface area contributed by atoms with Gasteiger partial charge in [-0.25, -0.2) is 0 Å². The molecule has 0 aliphatic carbocycles. The minimum absolute atomic E-state index is 0.403. The molecule has 2 nitrogen and oxygen atoms in total. The third-order valence-electron chi connectivity index (χ3n) is 4.03. The van der Waals surface area contributed by atoms with E-state index in [1.807, 2.05) is 0 Å². The van der Waals surface area contributed by atoms with Crippen molar-refractivity contribution in [3.63, 3.8) is 0 Å². The molecule has 0 bridgehead atoms. The molecule has 1 aliphatic heterocycles. The van der Waals surface area contributed by atoms with Crippen molar-refractivity contribution in [3.8, 4) is 0 Å². The maximum Gasteiger partial charge on any atom is 0.0233 e. The number of hydrogen-bond acceptors (Lipinski definition) is 2. The Morgan fingerprint density at radius 3 is 2.44 bits per heavy atom. The number of nitrogens with two attached hydrogens (primary N) is 1. The summed E-state index contributed by atoms with van der Waals surface area (Å²) in [6, 6.07) is 9.05. The van der Waals surface area contributed by atoms with Crippen LogP contribution in [-0.2, 0) is 6.54 Å². The number of likely N-dealkylation sites (tertiary alicyclic amines) is 1. The second-order valence-corrected chi connectivity index (χ2v) is 6.23. The molecule has 1 unspecified atom stereocenters. The first kappa shape index (κ1) is 14.0. The van der Waals surface area contributed by atoms with E-state index in [0.29, 0.717) is 6.04 Å². The molecule has 1 fully saturated rings. The first-order chi connectivity index (χ1) is 8.69. The molecule has 1 atom stereocenters. The van der Waals surface area contributed by atoms with Crippen LogP contribution < -0.4 is 5.73 Å². The van der Waals surface area contributed by atoms with E-state index in [0.717, 1.165) is 23.4 Å². The molecule has 100 valence electrons. The topological polar surface area (TPSA) is 29.3 Å². The van der Waals surface area contributed by atoms with Gasteiger partial charge in [0.25, 0.3) is 0 Å². The maximum absolute atomic E-state index is 6.14. The fourth-order valence-corrected chi connectivity index (χ4v) is 2.98. The molecule has 1 saturated heterocycles. The Kier molecular flexibility index (Phi) is 5.22. The zero-order valence-electron chi connectivity index (χ0n) is 11.1. The van der Waals surface area contributed by atoms with Gasteiger partial charge in [-0.3, -0.25) is 4.90 Å². The number of nitrogens with zero attached hydrogens (tertiary/aromatic N) is 1. The molecule has 1 heterocycles. The van der Waals surface area contributed by atoms with Crippen LogP contribution in [0.1, 0.15) is 31.7 Å². The number of piperidine rings is 1. The van der Waals surface area contributed by atoms with Crippen molar-refractivity contribution in [1.29, 1.82) is 0 Å². The average Bonchev–Trinajstić information content (AvgIpc) is 2.41. The van der Waals surface area contributed by atoms with Gasteiger partial charge in [0, 0.05) is 17.1 Å². The van der Waals surface area contributed by atoms with Gasteiger partial charge in [0.05, 0.1) is 0 Å². The molecule has 1 aromatic rings. The summed E-state index contributed by atoms with van der Waals surface area (Å²) in [6.45, 7) is 5.64. The fraction of sp³-hybridized carbons (Fsp3) is 0.600. The Bertz CT molecular complexity index is 355. The number of hydrogen-bond donors (Lipinski definition) is 1. The zero-order valence-corrected chi connectivity index (χ0v) is 12.7. The van der Waals surface area contributed by atoms with Crippen LogP contribution in [0.4, 0.5) is 0 Å². The summed E-state index contributed by atoms with van der Waals surface area (Å²) in [6.07, 6.45) is 3.62. The van der Waals surface area contributed by atoms with Gasteiger partial charge in [-0.2, -0.15) is 0 Å². The van der Waals surface area contributed by atoms with Gasteiger partial charge in [-0.15, -0.1) is 0 Å². The number of benzene rings is 1.